The van der Waals surface area contributed by atoms with Crippen molar-refractivity contribution < 1.29 is 14.2 Å². The van der Waals surface area contributed by atoms with Gasteiger partial charge in [-0.25, -0.2) is 0 Å². The highest BCUT2D eigenvalue weighted by molar-refractivity contribution is 5.59. The minimum absolute atomic E-state index is 0.662. The second-order valence-corrected chi connectivity index (χ2v) is 4.96. The highest BCUT2D eigenvalue weighted by Crippen LogP contribution is 2.31. The van der Waals surface area contributed by atoms with Crippen LogP contribution in [0, 0.1) is 0 Å². The number of hydrogen-bond donors (Lipinski definition) is 1. The van der Waals surface area contributed by atoms with Crippen LogP contribution < -0.4 is 15.2 Å². The third-order valence-corrected chi connectivity index (χ3v) is 3.66. The van der Waals surface area contributed by atoms with Gasteiger partial charge in [0.2, 0.25) is 0 Å². The Kier molecular flexibility index (Phi) is 5.49. The predicted octanol–water partition coefficient (Wildman–Crippen LogP) is 1.55. The molecule has 0 spiro atoms. The monoisotopic (exact) mass is 280 g/mol. The lowest BCUT2D eigenvalue weighted by molar-refractivity contribution is 0.0374. The van der Waals surface area contributed by atoms with E-state index in [2.05, 4.69) is 4.90 Å². The molecular formula is C15H24N2O3. The first-order chi connectivity index (χ1) is 9.74. The second-order valence-electron chi connectivity index (χ2n) is 4.96. The van der Waals surface area contributed by atoms with Crippen LogP contribution in [-0.4, -0.2) is 52.0 Å². The number of aryl methyl sites for hydroxylation is 1. The number of nitrogens with zero attached hydrogens (tertiary/aromatic N) is 1. The number of nitrogens with two attached hydrogens (primary N) is 1. The summed E-state index contributed by atoms with van der Waals surface area (Å²) in [7, 11) is 3.29. The number of rotatable bonds is 6. The summed E-state index contributed by atoms with van der Waals surface area (Å²) in [6.45, 7) is 4.83. The lowest BCUT2D eigenvalue weighted by Crippen LogP contribution is -2.36. The molecule has 2 N–H and O–H groups in total. The molecule has 20 heavy (non-hydrogen) atoms. The molecule has 1 aromatic carbocycles. The maximum atomic E-state index is 5.96. The fourth-order valence-electron chi connectivity index (χ4n) is 2.51. The Labute approximate surface area is 120 Å². The molecule has 0 aromatic heterocycles. The second kappa shape index (κ2) is 7.36. The molecule has 1 aliphatic rings. The minimum atomic E-state index is 0.662. The first-order valence-corrected chi connectivity index (χ1v) is 7.05. The zero-order chi connectivity index (χ0) is 14.4. The van der Waals surface area contributed by atoms with Crippen LogP contribution in [0.1, 0.15) is 12.0 Å². The molecule has 0 aliphatic carbocycles. The highest BCUT2D eigenvalue weighted by Gasteiger charge is 2.12. The fraction of sp³-hybridized carbons (Fsp3) is 0.600. The molecule has 0 radical (unpaired) electrons. The van der Waals surface area contributed by atoms with E-state index in [9.17, 15) is 0 Å². The van der Waals surface area contributed by atoms with Gasteiger partial charge >= 0.3 is 0 Å². The summed E-state index contributed by atoms with van der Waals surface area (Å²) in [4.78, 5) is 2.43. The third kappa shape index (κ3) is 3.77. The molecule has 0 amide bonds. The number of nitrogen functional groups attached to an aromatic ring is 1. The lowest BCUT2D eigenvalue weighted by atomic mass is 10.1. The molecule has 1 aromatic rings. The van der Waals surface area contributed by atoms with E-state index in [0.29, 0.717) is 11.4 Å². The van der Waals surface area contributed by atoms with Crippen molar-refractivity contribution in [3.63, 3.8) is 0 Å². The zero-order valence-corrected chi connectivity index (χ0v) is 12.4. The van der Waals surface area contributed by atoms with E-state index in [0.717, 1.165) is 57.0 Å². The summed E-state index contributed by atoms with van der Waals surface area (Å²) in [5.41, 5.74) is 7.76. The lowest BCUT2D eigenvalue weighted by Gasteiger charge is -2.26. The molecule has 0 unspecified atom stereocenters. The first-order valence-electron chi connectivity index (χ1n) is 7.05. The molecule has 5 nitrogen and oxygen atoms in total. The van der Waals surface area contributed by atoms with E-state index in [4.69, 9.17) is 19.9 Å². The van der Waals surface area contributed by atoms with Crippen LogP contribution in [0.3, 0.4) is 0 Å². The molecule has 1 heterocycles. The average Bonchev–Trinajstić information content (AvgIpc) is 2.48. The van der Waals surface area contributed by atoms with Crippen molar-refractivity contribution in [3.05, 3.63) is 17.7 Å². The van der Waals surface area contributed by atoms with Gasteiger partial charge in [-0.2, -0.15) is 0 Å². The number of benzene rings is 1. The van der Waals surface area contributed by atoms with Crippen LogP contribution in [0.4, 0.5) is 5.69 Å². The number of ether oxygens (including phenoxy) is 3. The number of morpholine rings is 1. The Morgan fingerprint density at radius 2 is 1.85 bits per heavy atom. The largest absolute Gasteiger partial charge is 0.496 e. The number of anilines is 1. The fourth-order valence-corrected chi connectivity index (χ4v) is 2.51. The van der Waals surface area contributed by atoms with Gasteiger partial charge in [0.1, 0.15) is 11.5 Å². The van der Waals surface area contributed by atoms with Crippen LogP contribution in [-0.2, 0) is 11.2 Å². The summed E-state index contributed by atoms with van der Waals surface area (Å²) in [6.07, 6.45) is 2.04. The van der Waals surface area contributed by atoms with E-state index in [-0.39, 0.29) is 0 Å². The molecule has 1 saturated heterocycles. The van der Waals surface area contributed by atoms with Gasteiger partial charge in [-0.3, -0.25) is 4.90 Å². The smallest absolute Gasteiger partial charge is 0.145 e. The third-order valence-electron chi connectivity index (χ3n) is 3.66. The SMILES string of the molecule is COc1cc(OC)c(CCCN2CCOCC2)cc1N. The van der Waals surface area contributed by atoms with E-state index < -0.39 is 0 Å². The predicted molar refractivity (Wildman–Crippen MR) is 79.5 cm³/mol. The molecular weight excluding hydrogens is 256 g/mol. The van der Waals surface area contributed by atoms with Crippen molar-refractivity contribution in [2.45, 2.75) is 12.8 Å². The Morgan fingerprint density at radius 3 is 2.50 bits per heavy atom. The van der Waals surface area contributed by atoms with E-state index >= 15 is 0 Å². The summed E-state index contributed by atoms with van der Waals surface area (Å²) >= 11 is 0. The van der Waals surface area contributed by atoms with E-state index in [1.807, 2.05) is 12.1 Å². The van der Waals surface area contributed by atoms with Gasteiger partial charge in [0.05, 0.1) is 33.1 Å². The van der Waals surface area contributed by atoms with Gasteiger partial charge in [-0.1, -0.05) is 0 Å². The number of hydrogen-bond acceptors (Lipinski definition) is 5. The average molecular weight is 280 g/mol. The minimum Gasteiger partial charge on any atom is -0.496 e. The van der Waals surface area contributed by atoms with Crippen LogP contribution in [0.15, 0.2) is 12.1 Å². The van der Waals surface area contributed by atoms with Crippen LogP contribution >= 0.6 is 0 Å². The zero-order valence-electron chi connectivity index (χ0n) is 12.4. The number of methoxy groups -OCH3 is 2. The maximum Gasteiger partial charge on any atom is 0.145 e. The topological polar surface area (TPSA) is 57.0 Å². The standard InChI is InChI=1S/C15H24N2O3/c1-18-14-11-15(19-2)13(16)10-12(14)4-3-5-17-6-8-20-9-7-17/h10-11H,3-9,16H2,1-2H3. The van der Waals surface area contributed by atoms with Crippen LogP contribution in [0.5, 0.6) is 11.5 Å². The van der Waals surface area contributed by atoms with Gasteiger partial charge in [0.25, 0.3) is 0 Å². The van der Waals surface area contributed by atoms with Gasteiger partial charge in [0, 0.05) is 19.2 Å². The molecule has 0 saturated carbocycles. The molecule has 0 bridgehead atoms. The molecule has 112 valence electrons. The van der Waals surface area contributed by atoms with Crippen LogP contribution in [0.2, 0.25) is 0 Å². The Bertz CT molecular complexity index is 431. The highest BCUT2D eigenvalue weighted by atomic mass is 16.5. The summed E-state index contributed by atoms with van der Waals surface area (Å²) in [6, 6.07) is 3.82. The van der Waals surface area contributed by atoms with Gasteiger partial charge in [0.15, 0.2) is 0 Å². The summed E-state index contributed by atoms with van der Waals surface area (Å²) in [5, 5.41) is 0. The summed E-state index contributed by atoms with van der Waals surface area (Å²) < 4.78 is 16.0. The van der Waals surface area contributed by atoms with Crippen molar-refractivity contribution in [1.82, 2.24) is 4.90 Å². The van der Waals surface area contributed by atoms with Crippen molar-refractivity contribution in [2.75, 3.05) is 52.8 Å². The van der Waals surface area contributed by atoms with Gasteiger partial charge in [-0.15, -0.1) is 0 Å². The van der Waals surface area contributed by atoms with Crippen LogP contribution in [0.25, 0.3) is 0 Å². The molecule has 1 aliphatic heterocycles. The van der Waals surface area contributed by atoms with E-state index in [1.165, 1.54) is 0 Å². The first kappa shape index (κ1) is 14.9. The Morgan fingerprint density at radius 1 is 1.15 bits per heavy atom. The molecule has 0 atom stereocenters. The molecule has 5 heteroatoms. The Balaban J connectivity index is 1.92. The maximum absolute atomic E-state index is 5.96. The summed E-state index contributed by atoms with van der Waals surface area (Å²) in [5.74, 6) is 1.51. The molecule has 2 rings (SSSR count). The van der Waals surface area contributed by atoms with Gasteiger partial charge < -0.3 is 19.9 Å². The van der Waals surface area contributed by atoms with Crippen molar-refractivity contribution in [2.24, 2.45) is 0 Å². The van der Waals surface area contributed by atoms with E-state index in [1.54, 1.807) is 14.2 Å². The van der Waals surface area contributed by atoms with Crippen molar-refractivity contribution in [1.29, 1.82) is 0 Å². The van der Waals surface area contributed by atoms with Crippen molar-refractivity contribution in [3.8, 4) is 11.5 Å². The normalized spacial score (nSPS) is 16.1. The quantitative estimate of drug-likeness (QED) is 0.801. The van der Waals surface area contributed by atoms with Gasteiger partial charge in [-0.05, 0) is 31.0 Å². The Hall–Kier alpha value is -1.46. The molecule has 1 fully saturated rings. The van der Waals surface area contributed by atoms with Crippen molar-refractivity contribution >= 4 is 5.69 Å².